The second-order valence-corrected chi connectivity index (χ2v) is 9.01. The Balaban J connectivity index is 1.70. The zero-order chi connectivity index (χ0) is 22.1. The Morgan fingerprint density at radius 3 is 2.61 bits per heavy atom. The highest BCUT2D eigenvalue weighted by molar-refractivity contribution is 8.00. The van der Waals surface area contributed by atoms with Crippen molar-refractivity contribution in [3.63, 3.8) is 0 Å². The van der Waals surface area contributed by atoms with Crippen LogP contribution in [0.3, 0.4) is 0 Å². The summed E-state index contributed by atoms with van der Waals surface area (Å²) in [7, 11) is 1.58. The number of ether oxygens (including phenoxy) is 1. The van der Waals surface area contributed by atoms with Gasteiger partial charge < -0.3 is 15.5 Å². The summed E-state index contributed by atoms with van der Waals surface area (Å²) in [5.74, 6) is 1.27. The van der Waals surface area contributed by atoms with Gasteiger partial charge in [0.25, 0.3) is 0 Å². The molecule has 0 aliphatic carbocycles. The van der Waals surface area contributed by atoms with Gasteiger partial charge in [-0.1, -0.05) is 42.4 Å². The molecule has 7 nitrogen and oxygen atoms in total. The molecule has 9 heteroatoms. The maximum Gasteiger partial charge on any atom is 0.240 e. The third-order valence-corrected chi connectivity index (χ3v) is 6.61. The lowest BCUT2D eigenvalue weighted by Crippen LogP contribution is -2.41. The summed E-state index contributed by atoms with van der Waals surface area (Å²) < 4.78 is 7.14. The zero-order valence-electron chi connectivity index (χ0n) is 17.8. The van der Waals surface area contributed by atoms with Crippen LogP contribution in [0, 0.1) is 13.8 Å². The number of aryl methyl sites for hydroxylation is 3. The molecule has 31 heavy (non-hydrogen) atoms. The molecule has 1 aliphatic rings. The summed E-state index contributed by atoms with van der Waals surface area (Å²) >= 11 is 7.77. The van der Waals surface area contributed by atoms with Crippen molar-refractivity contribution < 1.29 is 9.53 Å². The Bertz CT molecular complexity index is 1110. The van der Waals surface area contributed by atoms with Gasteiger partial charge in [0.15, 0.2) is 5.82 Å². The largest absolute Gasteiger partial charge is 0.495 e. The molecule has 2 atom stereocenters. The van der Waals surface area contributed by atoms with Crippen molar-refractivity contribution in [3.05, 3.63) is 63.9 Å². The van der Waals surface area contributed by atoms with Gasteiger partial charge in [0.1, 0.15) is 11.0 Å². The van der Waals surface area contributed by atoms with E-state index in [0.29, 0.717) is 15.9 Å². The predicted octanol–water partition coefficient (Wildman–Crippen LogP) is 4.52. The maximum atomic E-state index is 13.4. The Labute approximate surface area is 190 Å². The lowest BCUT2D eigenvalue weighted by Gasteiger charge is -2.33. The summed E-state index contributed by atoms with van der Waals surface area (Å²) in [6, 6.07) is 11.2. The van der Waals surface area contributed by atoms with Crippen LogP contribution in [0.25, 0.3) is 0 Å². The molecule has 3 aromatic rings. The molecule has 2 aromatic carbocycles. The molecular formula is C22H24ClN5O2S. The third-order valence-electron chi connectivity index (χ3n) is 5.10. The van der Waals surface area contributed by atoms with Gasteiger partial charge in [-0.25, -0.2) is 4.68 Å². The smallest absolute Gasteiger partial charge is 0.240 e. The van der Waals surface area contributed by atoms with Crippen LogP contribution in [0.15, 0.2) is 41.6 Å². The van der Waals surface area contributed by atoms with Gasteiger partial charge in [-0.3, -0.25) is 4.79 Å². The highest BCUT2D eigenvalue weighted by atomic mass is 35.5. The number of aromatic nitrogens is 3. The number of rotatable bonds is 5. The summed E-state index contributed by atoms with van der Waals surface area (Å²) in [5.41, 5.74) is 7.26. The topological polar surface area (TPSA) is 81.1 Å². The first-order chi connectivity index (χ1) is 14.9. The molecule has 2 heterocycles. The van der Waals surface area contributed by atoms with E-state index in [2.05, 4.69) is 27.0 Å². The van der Waals surface area contributed by atoms with Crippen LogP contribution in [0.5, 0.6) is 5.75 Å². The number of hydrogen-bond donors (Lipinski definition) is 2. The highest BCUT2D eigenvalue weighted by Gasteiger charge is 2.38. The van der Waals surface area contributed by atoms with Gasteiger partial charge >= 0.3 is 0 Å². The number of methoxy groups -OCH3 is 1. The fraction of sp³-hybridized carbons (Fsp3) is 0.318. The Hall–Kier alpha value is -2.71. The number of halogens is 1. The van der Waals surface area contributed by atoms with Crippen LogP contribution in [0.4, 0.5) is 5.69 Å². The second-order valence-electron chi connectivity index (χ2n) is 7.49. The minimum absolute atomic E-state index is 0.119. The summed E-state index contributed by atoms with van der Waals surface area (Å²) in [4.78, 5) is 13.4. The molecule has 0 radical (unpaired) electrons. The van der Waals surface area contributed by atoms with E-state index in [1.54, 1.807) is 7.11 Å². The average molecular weight is 458 g/mol. The minimum Gasteiger partial charge on any atom is -0.495 e. The van der Waals surface area contributed by atoms with E-state index in [0.717, 1.165) is 34.6 Å². The molecule has 1 aliphatic heterocycles. The first-order valence-electron chi connectivity index (χ1n) is 9.99. The van der Waals surface area contributed by atoms with Gasteiger partial charge in [-0.15, -0.1) is 10.2 Å². The van der Waals surface area contributed by atoms with Crippen molar-refractivity contribution in [3.8, 4) is 5.75 Å². The number of nitrogens with zero attached hydrogens (tertiary/aromatic N) is 3. The molecule has 4 rings (SSSR count). The van der Waals surface area contributed by atoms with Crippen molar-refractivity contribution in [1.82, 2.24) is 14.9 Å². The number of benzene rings is 2. The lowest BCUT2D eigenvalue weighted by molar-refractivity contribution is -0.116. The molecule has 162 valence electrons. The van der Waals surface area contributed by atoms with Crippen molar-refractivity contribution in [2.24, 2.45) is 0 Å². The monoisotopic (exact) mass is 457 g/mol. The first-order valence-corrected chi connectivity index (χ1v) is 11.3. The predicted molar refractivity (Wildman–Crippen MR) is 124 cm³/mol. The second kappa shape index (κ2) is 8.80. The van der Waals surface area contributed by atoms with Gasteiger partial charge in [0.2, 0.25) is 11.1 Å². The summed E-state index contributed by atoms with van der Waals surface area (Å²) in [6.07, 6.45) is 0.718. The molecule has 0 saturated carbocycles. The van der Waals surface area contributed by atoms with Gasteiger partial charge in [0.05, 0.1) is 18.2 Å². The van der Waals surface area contributed by atoms with E-state index in [-0.39, 0.29) is 11.9 Å². The van der Waals surface area contributed by atoms with E-state index in [1.807, 2.05) is 55.8 Å². The number of anilines is 1. The van der Waals surface area contributed by atoms with Gasteiger partial charge in [-0.2, -0.15) is 0 Å². The molecule has 1 amide bonds. The van der Waals surface area contributed by atoms with Crippen LogP contribution in [0.2, 0.25) is 5.02 Å². The van der Waals surface area contributed by atoms with E-state index in [9.17, 15) is 4.79 Å². The molecule has 2 N–H and O–H groups in total. The number of carbonyl (C=O) groups excluding carboxylic acids is 1. The quantitative estimate of drug-likeness (QED) is 0.586. The van der Waals surface area contributed by atoms with Crippen LogP contribution < -0.4 is 15.5 Å². The molecule has 0 saturated heterocycles. The fourth-order valence-corrected chi connectivity index (χ4v) is 5.08. The average Bonchev–Trinajstić information content (AvgIpc) is 3.14. The third kappa shape index (κ3) is 4.36. The normalized spacial score (nSPS) is 17.6. The highest BCUT2D eigenvalue weighted by Crippen LogP contribution is 2.39. The lowest BCUT2D eigenvalue weighted by atomic mass is 10.0. The fourth-order valence-electron chi connectivity index (χ4n) is 3.71. The number of thioether (sulfide) groups is 1. The first kappa shape index (κ1) is 21.5. The number of amides is 1. The molecule has 0 spiro atoms. The SMILES string of the molecule is CCc1nnc2n1N[C@H](c1ccc(OC)c(Cl)c1)[C@H](C(=O)Nc1cc(C)cc(C)c1)S2. The van der Waals surface area contributed by atoms with Gasteiger partial charge in [0, 0.05) is 12.1 Å². The molecule has 0 bridgehead atoms. The summed E-state index contributed by atoms with van der Waals surface area (Å²) in [6.45, 7) is 6.04. The van der Waals surface area contributed by atoms with Crippen molar-refractivity contribution in [2.45, 2.75) is 43.6 Å². The number of carbonyl (C=O) groups is 1. The number of fused-ring (bicyclic) bond motifs is 1. The molecule has 0 fully saturated rings. The van der Waals surface area contributed by atoms with Crippen molar-refractivity contribution >= 4 is 35.0 Å². The minimum atomic E-state index is -0.480. The molecule has 0 unspecified atom stereocenters. The zero-order valence-corrected chi connectivity index (χ0v) is 19.3. The van der Waals surface area contributed by atoms with E-state index < -0.39 is 5.25 Å². The van der Waals surface area contributed by atoms with Crippen molar-refractivity contribution in [2.75, 3.05) is 17.9 Å². The number of hydrogen-bond acceptors (Lipinski definition) is 6. The van der Waals surface area contributed by atoms with Crippen molar-refractivity contribution in [1.29, 1.82) is 0 Å². The van der Waals surface area contributed by atoms with Gasteiger partial charge in [-0.05, 0) is 54.8 Å². The van der Waals surface area contributed by atoms with E-state index >= 15 is 0 Å². The van der Waals surface area contributed by atoms with Crippen LogP contribution in [-0.2, 0) is 11.2 Å². The van der Waals surface area contributed by atoms with Crippen LogP contribution in [0.1, 0.15) is 35.5 Å². The maximum absolute atomic E-state index is 13.4. The Morgan fingerprint density at radius 2 is 1.97 bits per heavy atom. The van der Waals surface area contributed by atoms with E-state index in [4.69, 9.17) is 16.3 Å². The molecule has 1 aromatic heterocycles. The molecular weight excluding hydrogens is 434 g/mol. The summed E-state index contributed by atoms with van der Waals surface area (Å²) in [5, 5.41) is 12.2. The number of nitrogens with one attached hydrogen (secondary N) is 2. The Kier molecular flexibility index (Phi) is 6.11. The Morgan fingerprint density at radius 1 is 1.23 bits per heavy atom. The van der Waals surface area contributed by atoms with Crippen LogP contribution >= 0.6 is 23.4 Å². The van der Waals surface area contributed by atoms with Crippen LogP contribution in [-0.4, -0.2) is 33.1 Å². The standard InChI is InChI=1S/C22H24ClN5O2S/c1-5-18-25-26-22-28(18)27-19(14-6-7-17(30-4)16(23)11-14)20(31-22)21(29)24-15-9-12(2)8-13(3)10-15/h6-11,19-20,27H,5H2,1-4H3,(H,24,29)/t19-,20-/m1/s1. The van der Waals surface area contributed by atoms with E-state index in [1.165, 1.54) is 11.8 Å².